The smallest absolute Gasteiger partial charge is 0.336 e. The summed E-state index contributed by atoms with van der Waals surface area (Å²) >= 11 is 0. The van der Waals surface area contributed by atoms with Crippen molar-refractivity contribution in [1.82, 2.24) is 0 Å². The molecule has 4 atom stereocenters. The number of hydrogen-bond donors (Lipinski definition) is 2. The van der Waals surface area contributed by atoms with E-state index in [1.54, 1.807) is 0 Å². The number of fused-ring (bicyclic) bond motifs is 2. The molecule has 178 valence electrons. The van der Waals surface area contributed by atoms with E-state index in [2.05, 4.69) is 59.2 Å². The van der Waals surface area contributed by atoms with E-state index in [1.165, 1.54) is 11.3 Å². The highest BCUT2D eigenvalue weighted by molar-refractivity contribution is 5.92. The maximum Gasteiger partial charge on any atom is 0.336 e. The molecule has 1 saturated heterocycles. The molecule has 6 heteroatoms. The third-order valence-electron chi connectivity index (χ3n) is 7.66. The lowest BCUT2D eigenvalue weighted by atomic mass is 9.73. The highest BCUT2D eigenvalue weighted by Gasteiger charge is 2.41. The molecule has 0 saturated carbocycles. The Morgan fingerprint density at radius 2 is 1.38 bits per heavy atom. The Balaban J connectivity index is 1.22. The second-order valence-corrected chi connectivity index (χ2v) is 9.77. The summed E-state index contributed by atoms with van der Waals surface area (Å²) in [5, 5.41) is 7.22. The molecule has 34 heavy (non-hydrogen) atoms. The molecule has 0 aromatic heterocycles. The number of carbonyl (C=O) groups excluding carboxylic acids is 1. The van der Waals surface area contributed by atoms with Gasteiger partial charge in [0.2, 0.25) is 0 Å². The summed E-state index contributed by atoms with van der Waals surface area (Å²) in [6.45, 7) is 4.18. The predicted octanol–water partition coefficient (Wildman–Crippen LogP) is 5.49. The van der Waals surface area contributed by atoms with Crippen LogP contribution in [0.25, 0.3) is 0 Å². The zero-order valence-electron chi connectivity index (χ0n) is 19.8. The Kier molecular flexibility index (Phi) is 5.58. The Morgan fingerprint density at radius 1 is 0.853 bits per heavy atom. The fourth-order valence-corrected chi connectivity index (χ4v) is 5.98. The number of benzene rings is 1. The van der Waals surface area contributed by atoms with Crippen LogP contribution >= 0.6 is 0 Å². The molecule has 1 fully saturated rings. The van der Waals surface area contributed by atoms with Gasteiger partial charge in [0.25, 0.3) is 0 Å². The first-order valence-electron chi connectivity index (χ1n) is 12.6. The lowest BCUT2D eigenvalue weighted by Gasteiger charge is -2.44. The number of rotatable bonds is 7. The SMILES string of the molecule is CCOC(=O)C1=C(Nc2ccc(NC3=C(C4OC(C)O4)C4C=CC3CC4)cc2)C2C=CC1CC2. The van der Waals surface area contributed by atoms with E-state index in [0.717, 1.165) is 48.3 Å². The maximum atomic E-state index is 12.7. The predicted molar refractivity (Wildman–Crippen MR) is 131 cm³/mol. The van der Waals surface area contributed by atoms with Crippen LogP contribution in [0.15, 0.2) is 71.1 Å². The molecular weight excluding hydrogens is 428 g/mol. The monoisotopic (exact) mass is 460 g/mol. The highest BCUT2D eigenvalue weighted by atomic mass is 16.9. The van der Waals surface area contributed by atoms with Gasteiger partial charge in [0.05, 0.1) is 12.2 Å². The first kappa shape index (κ1) is 21.7. The van der Waals surface area contributed by atoms with Gasteiger partial charge in [0, 0.05) is 52.0 Å². The first-order chi connectivity index (χ1) is 16.6. The van der Waals surface area contributed by atoms with Gasteiger partial charge in [-0.05, 0) is 63.8 Å². The van der Waals surface area contributed by atoms with E-state index in [1.807, 2.05) is 13.8 Å². The van der Waals surface area contributed by atoms with Crippen molar-refractivity contribution in [3.05, 3.63) is 71.1 Å². The summed E-state index contributed by atoms with van der Waals surface area (Å²) in [6.07, 6.45) is 13.0. The third kappa shape index (κ3) is 3.79. The van der Waals surface area contributed by atoms with Gasteiger partial charge in [-0.25, -0.2) is 4.79 Å². The lowest BCUT2D eigenvalue weighted by molar-refractivity contribution is -0.361. The highest BCUT2D eigenvalue weighted by Crippen LogP contribution is 2.45. The molecule has 0 spiro atoms. The van der Waals surface area contributed by atoms with Crippen molar-refractivity contribution in [2.24, 2.45) is 23.7 Å². The molecule has 2 N–H and O–H groups in total. The lowest BCUT2D eigenvalue weighted by Crippen LogP contribution is -2.45. The van der Waals surface area contributed by atoms with Crippen LogP contribution in [-0.2, 0) is 19.0 Å². The Morgan fingerprint density at radius 3 is 1.94 bits per heavy atom. The number of nitrogens with one attached hydrogen (secondary N) is 2. The van der Waals surface area contributed by atoms with Crippen LogP contribution in [0.2, 0.25) is 0 Å². The topological polar surface area (TPSA) is 68.8 Å². The van der Waals surface area contributed by atoms with Crippen molar-refractivity contribution in [3.63, 3.8) is 0 Å². The zero-order valence-corrected chi connectivity index (χ0v) is 19.8. The van der Waals surface area contributed by atoms with Gasteiger partial charge >= 0.3 is 5.97 Å². The third-order valence-corrected chi connectivity index (χ3v) is 7.66. The number of ether oxygens (including phenoxy) is 3. The van der Waals surface area contributed by atoms with Gasteiger partial charge in [-0.3, -0.25) is 0 Å². The molecular formula is C28H32N2O4. The first-order valence-corrected chi connectivity index (χ1v) is 12.6. The average Bonchev–Trinajstić information content (AvgIpc) is 2.85. The molecule has 4 bridgehead atoms. The molecule has 6 nitrogen and oxygen atoms in total. The van der Waals surface area contributed by atoms with Crippen LogP contribution in [0.5, 0.6) is 0 Å². The Bertz CT molecular complexity index is 1090. The quantitative estimate of drug-likeness (QED) is 0.414. The summed E-state index contributed by atoms with van der Waals surface area (Å²) in [6, 6.07) is 8.32. The van der Waals surface area contributed by atoms with Gasteiger partial charge in [0.1, 0.15) is 0 Å². The van der Waals surface area contributed by atoms with Crippen LogP contribution < -0.4 is 10.6 Å². The molecule has 1 heterocycles. The molecule has 6 aliphatic carbocycles. The van der Waals surface area contributed by atoms with E-state index in [0.29, 0.717) is 18.4 Å². The van der Waals surface area contributed by atoms with Crippen LogP contribution in [-0.4, -0.2) is 25.2 Å². The van der Waals surface area contributed by atoms with Crippen molar-refractivity contribution in [2.45, 2.75) is 52.1 Å². The number of anilines is 2. The van der Waals surface area contributed by atoms with Crippen LogP contribution in [0.3, 0.4) is 0 Å². The summed E-state index contributed by atoms with van der Waals surface area (Å²) in [7, 11) is 0. The summed E-state index contributed by atoms with van der Waals surface area (Å²) in [4.78, 5) is 12.7. The van der Waals surface area contributed by atoms with Crippen molar-refractivity contribution >= 4 is 17.3 Å². The Labute approximate surface area is 200 Å². The second kappa shape index (κ2) is 8.75. The molecule has 4 unspecified atom stereocenters. The minimum Gasteiger partial charge on any atom is -0.463 e. The van der Waals surface area contributed by atoms with Crippen molar-refractivity contribution in [3.8, 4) is 0 Å². The molecule has 1 aromatic carbocycles. The van der Waals surface area contributed by atoms with E-state index in [9.17, 15) is 4.79 Å². The normalized spacial score (nSPS) is 33.2. The molecule has 1 aliphatic heterocycles. The van der Waals surface area contributed by atoms with E-state index in [-0.39, 0.29) is 30.4 Å². The molecule has 0 radical (unpaired) electrons. The van der Waals surface area contributed by atoms with Crippen LogP contribution in [0.4, 0.5) is 11.4 Å². The zero-order chi connectivity index (χ0) is 23.2. The molecule has 0 amide bonds. The van der Waals surface area contributed by atoms with Gasteiger partial charge in [0.15, 0.2) is 12.6 Å². The molecule has 1 aromatic rings. The van der Waals surface area contributed by atoms with Gasteiger partial charge < -0.3 is 24.8 Å². The van der Waals surface area contributed by atoms with Crippen molar-refractivity contribution < 1.29 is 19.0 Å². The fraction of sp³-hybridized carbons (Fsp3) is 0.464. The van der Waals surface area contributed by atoms with Gasteiger partial charge in [-0.1, -0.05) is 24.3 Å². The standard InChI is InChI=1S/C28H32N2O4/c1-3-32-27(31)23-17-4-8-19(9-5-17)25(23)29-21-12-14-22(15-13-21)30-26-20-10-6-18(7-11-20)24(26)28-33-16(2)34-28/h4,6,8,10,12-20,28-30H,3,5,7,9,11H2,1-2H3. The number of allylic oxidation sites excluding steroid dienone is 4. The maximum absolute atomic E-state index is 12.7. The van der Waals surface area contributed by atoms with Gasteiger partial charge in [-0.15, -0.1) is 0 Å². The van der Waals surface area contributed by atoms with E-state index < -0.39 is 0 Å². The fourth-order valence-electron chi connectivity index (χ4n) is 5.98. The van der Waals surface area contributed by atoms with Crippen molar-refractivity contribution in [1.29, 1.82) is 0 Å². The summed E-state index contributed by atoms with van der Waals surface area (Å²) in [5.74, 6) is 0.948. The largest absolute Gasteiger partial charge is 0.463 e. The summed E-state index contributed by atoms with van der Waals surface area (Å²) < 4.78 is 17.1. The average molecular weight is 461 g/mol. The minimum atomic E-state index is -0.237. The second-order valence-electron chi connectivity index (χ2n) is 9.77. The summed E-state index contributed by atoms with van der Waals surface area (Å²) in [5.41, 5.74) is 6.26. The molecule has 7 aliphatic rings. The van der Waals surface area contributed by atoms with E-state index in [4.69, 9.17) is 14.2 Å². The van der Waals surface area contributed by atoms with Gasteiger partial charge in [-0.2, -0.15) is 0 Å². The molecule has 8 rings (SSSR count). The number of esters is 1. The Hall–Kier alpha value is -2.83. The van der Waals surface area contributed by atoms with Crippen molar-refractivity contribution in [2.75, 3.05) is 17.2 Å². The number of hydrogen-bond acceptors (Lipinski definition) is 6. The number of carbonyl (C=O) groups is 1. The van der Waals surface area contributed by atoms with E-state index >= 15 is 0 Å². The van der Waals surface area contributed by atoms with Crippen LogP contribution in [0.1, 0.15) is 39.5 Å². The minimum absolute atomic E-state index is 0.132. The van der Waals surface area contributed by atoms with Crippen LogP contribution in [0, 0.1) is 23.7 Å².